The lowest BCUT2D eigenvalue weighted by atomic mass is 9.94. The van der Waals surface area contributed by atoms with E-state index in [1.807, 2.05) is 0 Å². The molecule has 0 aromatic carbocycles. The van der Waals surface area contributed by atoms with E-state index in [2.05, 4.69) is 24.1 Å². The van der Waals surface area contributed by atoms with Crippen molar-refractivity contribution >= 4 is 5.84 Å². The number of nitrogens with two attached hydrogens (primary N) is 1. The summed E-state index contributed by atoms with van der Waals surface area (Å²) in [5.41, 5.74) is 3.93. The number of ether oxygens (including phenoxy) is 2. The van der Waals surface area contributed by atoms with E-state index in [9.17, 15) is 10.5 Å². The van der Waals surface area contributed by atoms with Gasteiger partial charge in [-0.1, -0.05) is 26.2 Å². The fourth-order valence-electron chi connectivity index (χ4n) is 3.82. The van der Waals surface area contributed by atoms with Crippen molar-refractivity contribution in [1.29, 1.82) is 10.5 Å². The maximum Gasteiger partial charge on any atom is 0.342 e. The van der Waals surface area contributed by atoms with Gasteiger partial charge in [0.1, 0.15) is 0 Å². The number of rotatable bonds is 6. The van der Waals surface area contributed by atoms with Crippen LogP contribution in [-0.2, 0) is 9.47 Å². The number of fused-ring (bicyclic) bond motifs is 1. The molecule has 0 unspecified atom stereocenters. The van der Waals surface area contributed by atoms with E-state index >= 15 is 0 Å². The Morgan fingerprint density at radius 2 is 1.90 bits per heavy atom. The highest BCUT2D eigenvalue weighted by molar-refractivity contribution is 5.93. The van der Waals surface area contributed by atoms with Gasteiger partial charge in [-0.15, -0.1) is 0 Å². The Labute approximate surface area is 119 Å². The van der Waals surface area contributed by atoms with E-state index in [-0.39, 0.29) is 11.8 Å². The summed E-state index contributed by atoms with van der Waals surface area (Å²) in [6.45, 7) is 2.12. The first-order valence-corrected chi connectivity index (χ1v) is 6.90. The molecule has 0 radical (unpaired) electrons. The van der Waals surface area contributed by atoms with Gasteiger partial charge in [0.15, 0.2) is 10.8 Å². The minimum Gasteiger partial charge on any atom is -0.317 e. The summed E-state index contributed by atoms with van der Waals surface area (Å²) in [5.74, 6) is -1.21. The minimum atomic E-state index is -1.33. The molecule has 0 aromatic heterocycles. The molecule has 3 N–H and O–H groups in total. The van der Waals surface area contributed by atoms with E-state index in [4.69, 9.17) is 15.2 Å². The predicted molar refractivity (Wildman–Crippen MR) is 70.6 cm³/mol. The zero-order valence-electron chi connectivity index (χ0n) is 12.2. The van der Waals surface area contributed by atoms with Gasteiger partial charge in [-0.3, -0.25) is 5.73 Å². The van der Waals surface area contributed by atoms with Crippen molar-refractivity contribution in [2.75, 3.05) is 14.2 Å². The molecule has 0 spiro atoms. The van der Waals surface area contributed by atoms with Crippen LogP contribution in [0.4, 0.5) is 0 Å². The summed E-state index contributed by atoms with van der Waals surface area (Å²) in [4.78, 5) is 2.88. The highest BCUT2D eigenvalue weighted by Gasteiger charge is 2.96. The zero-order chi connectivity index (χ0) is 15.0. The third kappa shape index (κ3) is 1.31. The quantitative estimate of drug-likeness (QED) is 0.508. The van der Waals surface area contributed by atoms with Crippen LogP contribution in [-0.4, -0.2) is 26.0 Å². The van der Waals surface area contributed by atoms with Crippen molar-refractivity contribution in [3.05, 3.63) is 0 Å². The zero-order valence-corrected chi connectivity index (χ0v) is 12.2. The highest BCUT2D eigenvalue weighted by Crippen LogP contribution is 2.75. The molecule has 1 aliphatic heterocycles. The third-order valence-electron chi connectivity index (χ3n) is 4.85. The lowest BCUT2D eigenvalue weighted by Gasteiger charge is -2.26. The second-order valence-electron chi connectivity index (χ2n) is 5.45. The van der Waals surface area contributed by atoms with Crippen LogP contribution >= 0.6 is 0 Å². The van der Waals surface area contributed by atoms with Crippen LogP contribution in [0.15, 0.2) is 0 Å². The topological polar surface area (TPSA) is 106 Å². The van der Waals surface area contributed by atoms with Gasteiger partial charge in [0.2, 0.25) is 0 Å². The Hall–Kier alpha value is -1.63. The van der Waals surface area contributed by atoms with Crippen molar-refractivity contribution < 1.29 is 14.5 Å². The third-order valence-corrected chi connectivity index (χ3v) is 4.85. The van der Waals surface area contributed by atoms with Crippen molar-refractivity contribution in [1.82, 2.24) is 0 Å². The Bertz CT molecular complexity index is 514. The summed E-state index contributed by atoms with van der Waals surface area (Å²) in [6, 6.07) is 4.52. The van der Waals surface area contributed by atoms with Gasteiger partial charge in [-0.05, 0) is 6.42 Å². The number of hydrogen-bond donors (Lipinski definition) is 2. The van der Waals surface area contributed by atoms with Gasteiger partial charge in [-0.25, -0.2) is 4.99 Å². The lowest BCUT2D eigenvalue weighted by molar-refractivity contribution is -0.688. The second kappa shape index (κ2) is 4.73. The molecule has 1 heterocycles. The molecule has 2 rings (SSSR count). The van der Waals surface area contributed by atoms with E-state index in [1.54, 1.807) is 0 Å². The first-order chi connectivity index (χ1) is 9.56. The second-order valence-corrected chi connectivity index (χ2v) is 5.45. The lowest BCUT2D eigenvalue weighted by Crippen LogP contribution is -2.90. The number of amidine groups is 1. The molecular formula is C14H21N4O2+. The molecule has 0 aromatic rings. The monoisotopic (exact) mass is 277 g/mol. The smallest absolute Gasteiger partial charge is 0.317 e. The Balaban J connectivity index is 2.42. The number of methoxy groups -OCH3 is 2. The standard InChI is InChI=1S/C14H20N4O2/c1-4-5-6-7-10-12(8-15)11(17)18-14(19-2,20-3)13(10,12)9-16/h10H,4-7H2,1-3H3,(H2,17,18)/p+1/t10-,12+,13+/m0/s1. The van der Waals surface area contributed by atoms with Crippen LogP contribution in [0.3, 0.4) is 0 Å². The van der Waals surface area contributed by atoms with Gasteiger partial charge in [0, 0.05) is 20.1 Å². The summed E-state index contributed by atoms with van der Waals surface area (Å²) >= 11 is 0. The largest absolute Gasteiger partial charge is 0.342 e. The van der Waals surface area contributed by atoms with Crippen LogP contribution in [0, 0.1) is 39.4 Å². The summed E-state index contributed by atoms with van der Waals surface area (Å²) < 4.78 is 10.8. The van der Waals surface area contributed by atoms with E-state index in [0.29, 0.717) is 0 Å². The van der Waals surface area contributed by atoms with Crippen LogP contribution in [0.5, 0.6) is 0 Å². The van der Waals surface area contributed by atoms with Gasteiger partial charge >= 0.3 is 5.91 Å². The molecule has 1 saturated carbocycles. The minimum absolute atomic E-state index is 0.155. The molecule has 0 amide bonds. The van der Waals surface area contributed by atoms with Gasteiger partial charge in [0.25, 0.3) is 5.84 Å². The number of nitrogens with one attached hydrogen (secondary N) is 1. The van der Waals surface area contributed by atoms with Crippen LogP contribution < -0.4 is 10.7 Å². The first kappa shape index (κ1) is 14.8. The van der Waals surface area contributed by atoms with Gasteiger partial charge in [-0.2, -0.15) is 10.5 Å². The molecular weight excluding hydrogens is 256 g/mol. The van der Waals surface area contributed by atoms with Crippen molar-refractivity contribution in [2.24, 2.45) is 22.5 Å². The molecule has 2 aliphatic rings. The van der Waals surface area contributed by atoms with E-state index < -0.39 is 16.7 Å². The van der Waals surface area contributed by atoms with Crippen molar-refractivity contribution in [3.63, 3.8) is 0 Å². The van der Waals surface area contributed by atoms with E-state index in [0.717, 1.165) is 25.7 Å². The van der Waals surface area contributed by atoms with Gasteiger partial charge < -0.3 is 9.47 Å². The molecule has 20 heavy (non-hydrogen) atoms. The van der Waals surface area contributed by atoms with Crippen LogP contribution in [0.25, 0.3) is 0 Å². The highest BCUT2D eigenvalue weighted by atomic mass is 16.7. The molecule has 6 nitrogen and oxygen atoms in total. The molecule has 108 valence electrons. The molecule has 1 aliphatic carbocycles. The average Bonchev–Trinajstić information content (AvgIpc) is 3.00. The van der Waals surface area contributed by atoms with Crippen LogP contribution in [0.1, 0.15) is 32.6 Å². The Morgan fingerprint density at radius 1 is 1.25 bits per heavy atom. The van der Waals surface area contributed by atoms with Crippen molar-refractivity contribution in [3.8, 4) is 12.1 Å². The number of nitriles is 2. The maximum absolute atomic E-state index is 9.74. The summed E-state index contributed by atoms with van der Waals surface area (Å²) in [5, 5.41) is 19.4. The molecule has 3 atom stereocenters. The normalized spacial score (nSPS) is 36.6. The van der Waals surface area contributed by atoms with Crippen LogP contribution in [0.2, 0.25) is 0 Å². The fourth-order valence-corrected chi connectivity index (χ4v) is 3.82. The van der Waals surface area contributed by atoms with Gasteiger partial charge in [0.05, 0.1) is 12.1 Å². The number of nitrogens with zero attached hydrogens (tertiary/aromatic N) is 2. The Morgan fingerprint density at radius 3 is 2.35 bits per heavy atom. The first-order valence-electron chi connectivity index (χ1n) is 6.90. The summed E-state index contributed by atoms with van der Waals surface area (Å²) in [7, 11) is 2.91. The molecule has 1 fully saturated rings. The number of hydrogen-bond acceptors (Lipinski definition) is 5. The molecule has 0 saturated heterocycles. The predicted octanol–water partition coefficient (Wildman–Crippen LogP) is -0.386. The summed E-state index contributed by atoms with van der Waals surface area (Å²) in [6.07, 6.45) is 3.89. The van der Waals surface area contributed by atoms with E-state index in [1.165, 1.54) is 14.2 Å². The fraction of sp³-hybridized carbons (Fsp3) is 0.786. The number of unbranched alkanes of at least 4 members (excludes halogenated alkanes) is 2. The SMILES string of the molecule is CCCCC[C@H]1[C@]2(C#N)C(N)=[NH+]C(OC)(OC)[C@]12C#N. The average molecular weight is 277 g/mol. The molecule has 0 bridgehead atoms. The van der Waals surface area contributed by atoms with Crippen molar-refractivity contribution in [2.45, 2.75) is 38.5 Å². The maximum atomic E-state index is 9.74. The molecule has 6 heteroatoms. The Kier molecular flexibility index (Phi) is 3.49.